The van der Waals surface area contributed by atoms with E-state index in [-0.39, 0.29) is 12.2 Å². The van der Waals surface area contributed by atoms with Crippen LogP contribution in [0.1, 0.15) is 31.0 Å². The van der Waals surface area contributed by atoms with Gasteiger partial charge in [-0.2, -0.15) is 0 Å². The summed E-state index contributed by atoms with van der Waals surface area (Å²) >= 11 is 1.34. The van der Waals surface area contributed by atoms with Crippen molar-refractivity contribution in [2.24, 2.45) is 4.99 Å². The van der Waals surface area contributed by atoms with Crippen LogP contribution in [-0.4, -0.2) is 31.2 Å². The van der Waals surface area contributed by atoms with E-state index in [4.69, 9.17) is 9.73 Å². The maximum Gasteiger partial charge on any atom is 0.338 e. The van der Waals surface area contributed by atoms with Gasteiger partial charge in [-0.1, -0.05) is 72.0 Å². The van der Waals surface area contributed by atoms with E-state index in [1.165, 1.54) is 11.3 Å². The molecule has 7 heteroatoms. The first-order chi connectivity index (χ1) is 19.4. The minimum atomic E-state index is -0.641. The van der Waals surface area contributed by atoms with E-state index in [1.54, 1.807) is 11.5 Å². The van der Waals surface area contributed by atoms with E-state index < -0.39 is 12.0 Å². The van der Waals surface area contributed by atoms with Gasteiger partial charge in [0.2, 0.25) is 0 Å². The van der Waals surface area contributed by atoms with Crippen LogP contribution in [-0.2, 0) is 9.53 Å². The molecule has 4 aromatic carbocycles. The van der Waals surface area contributed by atoms with Crippen LogP contribution in [0.25, 0.3) is 27.6 Å². The number of rotatable bonds is 5. The molecule has 0 spiro atoms. The number of esters is 1. The van der Waals surface area contributed by atoms with Crippen molar-refractivity contribution in [3.63, 3.8) is 0 Å². The van der Waals surface area contributed by atoms with Gasteiger partial charge >= 0.3 is 5.97 Å². The van der Waals surface area contributed by atoms with Gasteiger partial charge in [-0.05, 0) is 70.8 Å². The highest BCUT2D eigenvalue weighted by Gasteiger charge is 2.33. The van der Waals surface area contributed by atoms with Crippen LogP contribution in [0, 0.1) is 0 Å². The van der Waals surface area contributed by atoms with Crippen LogP contribution in [0.3, 0.4) is 0 Å². The van der Waals surface area contributed by atoms with Gasteiger partial charge in [-0.15, -0.1) is 0 Å². The fourth-order valence-electron chi connectivity index (χ4n) is 5.40. The summed E-state index contributed by atoms with van der Waals surface area (Å²) < 4.78 is 7.64. The van der Waals surface area contributed by atoms with Crippen LogP contribution < -0.4 is 19.8 Å². The number of benzene rings is 4. The number of ether oxygens (including phenoxy) is 1. The predicted octanol–water partition coefficient (Wildman–Crippen LogP) is 5.17. The molecule has 0 saturated heterocycles. The molecule has 1 aliphatic rings. The molecule has 6 nitrogen and oxygen atoms in total. The third-order valence-corrected chi connectivity index (χ3v) is 8.31. The predicted molar refractivity (Wildman–Crippen MR) is 163 cm³/mol. The number of hydrogen-bond donors (Lipinski definition) is 0. The minimum Gasteiger partial charge on any atom is -0.463 e. The van der Waals surface area contributed by atoms with Crippen LogP contribution >= 0.6 is 11.3 Å². The van der Waals surface area contributed by atoms with Crippen molar-refractivity contribution in [2.45, 2.75) is 19.9 Å². The van der Waals surface area contributed by atoms with Gasteiger partial charge in [0.25, 0.3) is 5.56 Å². The number of allylic oxidation sites excluding steroid dienone is 1. The van der Waals surface area contributed by atoms with Gasteiger partial charge in [0.15, 0.2) is 4.80 Å². The summed E-state index contributed by atoms with van der Waals surface area (Å²) in [4.78, 5) is 34.7. The van der Waals surface area contributed by atoms with Gasteiger partial charge in [-0.25, -0.2) is 9.79 Å². The summed E-state index contributed by atoms with van der Waals surface area (Å²) in [5, 5.41) is 4.37. The summed E-state index contributed by atoms with van der Waals surface area (Å²) in [6, 6.07) is 25.9. The molecule has 1 aliphatic heterocycles. The Kier molecular flexibility index (Phi) is 6.60. The Bertz CT molecular complexity index is 1950. The van der Waals surface area contributed by atoms with Crippen molar-refractivity contribution in [1.82, 2.24) is 4.57 Å². The highest BCUT2D eigenvalue weighted by molar-refractivity contribution is 7.07. The first-order valence-electron chi connectivity index (χ1n) is 13.2. The van der Waals surface area contributed by atoms with E-state index in [2.05, 4.69) is 30.3 Å². The zero-order valence-electron chi connectivity index (χ0n) is 22.8. The molecule has 0 amide bonds. The molecule has 1 aromatic heterocycles. The highest BCUT2D eigenvalue weighted by Crippen LogP contribution is 2.32. The molecular weight excluding hydrogens is 518 g/mol. The topological polar surface area (TPSA) is 63.9 Å². The Morgan fingerprint density at radius 2 is 1.62 bits per heavy atom. The number of hydrogen-bond acceptors (Lipinski definition) is 6. The molecule has 0 bridgehead atoms. The summed E-state index contributed by atoms with van der Waals surface area (Å²) in [5.41, 5.74) is 3.60. The zero-order valence-corrected chi connectivity index (χ0v) is 23.7. The number of nitrogens with zero attached hydrogens (tertiary/aromatic N) is 3. The highest BCUT2D eigenvalue weighted by atomic mass is 32.1. The lowest BCUT2D eigenvalue weighted by Crippen LogP contribution is -2.40. The molecular formula is C33H29N3O3S. The molecule has 5 aromatic rings. The van der Waals surface area contributed by atoms with Crippen molar-refractivity contribution < 1.29 is 9.53 Å². The van der Waals surface area contributed by atoms with Gasteiger partial charge < -0.3 is 9.64 Å². The molecule has 6 rings (SSSR count). The van der Waals surface area contributed by atoms with E-state index >= 15 is 0 Å². The van der Waals surface area contributed by atoms with Gasteiger partial charge in [0, 0.05) is 19.8 Å². The fraction of sp³-hybridized carbons (Fsp3) is 0.182. The molecule has 40 heavy (non-hydrogen) atoms. The monoisotopic (exact) mass is 547 g/mol. The Labute approximate surface area is 235 Å². The largest absolute Gasteiger partial charge is 0.463 e. The van der Waals surface area contributed by atoms with E-state index in [9.17, 15) is 9.59 Å². The number of anilines is 1. The lowest BCUT2D eigenvalue weighted by Gasteiger charge is -2.25. The third-order valence-electron chi connectivity index (χ3n) is 7.33. The zero-order chi connectivity index (χ0) is 28.0. The second-order valence-corrected chi connectivity index (χ2v) is 11.0. The smallest absolute Gasteiger partial charge is 0.338 e. The van der Waals surface area contributed by atoms with Crippen molar-refractivity contribution in [3.8, 4) is 0 Å². The van der Waals surface area contributed by atoms with E-state index in [0.29, 0.717) is 20.6 Å². The molecule has 200 valence electrons. The maximum atomic E-state index is 14.2. The van der Waals surface area contributed by atoms with Gasteiger partial charge in [0.05, 0.1) is 28.5 Å². The van der Waals surface area contributed by atoms with Crippen LogP contribution in [0.4, 0.5) is 5.69 Å². The van der Waals surface area contributed by atoms with Crippen molar-refractivity contribution >= 4 is 50.6 Å². The SMILES string of the molecule is CCOC(=O)C1=C(C)N=c2s/c(=C\c3c4ccccc4cc4ccccc34)c(=O)n2[C@@H]1c1ccc(N(C)C)cc1. The van der Waals surface area contributed by atoms with Crippen LogP contribution in [0.2, 0.25) is 0 Å². The first-order valence-corrected chi connectivity index (χ1v) is 14.1. The molecule has 0 N–H and O–H groups in total. The standard InChI is InChI=1S/C33H29N3O3S/c1-5-39-32(38)29-20(2)34-33-36(30(29)21-14-16-24(17-15-21)35(3)4)31(37)28(40-33)19-27-25-12-8-6-10-22(25)18-23-11-7-9-13-26(23)27/h6-19,30H,5H2,1-4H3/b28-19-/t30-/m1/s1. The summed E-state index contributed by atoms with van der Waals surface area (Å²) in [6.45, 7) is 3.82. The van der Waals surface area contributed by atoms with Gasteiger partial charge in [0.1, 0.15) is 0 Å². The number of carbonyl (C=O) groups is 1. The second kappa shape index (κ2) is 10.2. The quantitative estimate of drug-likeness (QED) is 0.225. The van der Waals surface area contributed by atoms with Gasteiger partial charge in [-0.3, -0.25) is 9.36 Å². The fourth-order valence-corrected chi connectivity index (χ4v) is 6.43. The maximum absolute atomic E-state index is 14.2. The summed E-state index contributed by atoms with van der Waals surface area (Å²) in [6.07, 6.45) is 1.98. The lowest BCUT2D eigenvalue weighted by molar-refractivity contribution is -0.139. The molecule has 0 saturated carbocycles. The Balaban J connectivity index is 1.62. The lowest BCUT2D eigenvalue weighted by atomic mass is 9.95. The van der Waals surface area contributed by atoms with Crippen molar-refractivity contribution in [2.75, 3.05) is 25.6 Å². The summed E-state index contributed by atoms with van der Waals surface area (Å²) in [5.74, 6) is -0.459. The average Bonchev–Trinajstić information content (AvgIpc) is 3.26. The Morgan fingerprint density at radius 1 is 1.00 bits per heavy atom. The van der Waals surface area contributed by atoms with E-state index in [1.807, 2.05) is 80.5 Å². The molecule has 0 aliphatic carbocycles. The third kappa shape index (κ3) is 4.32. The first kappa shape index (κ1) is 25.8. The molecule has 1 atom stereocenters. The van der Waals surface area contributed by atoms with Crippen LogP contribution in [0.5, 0.6) is 0 Å². The average molecular weight is 548 g/mol. The number of carbonyl (C=O) groups excluding carboxylic acids is 1. The Hall–Kier alpha value is -4.49. The molecule has 0 fully saturated rings. The second-order valence-electron chi connectivity index (χ2n) is 10.0. The van der Waals surface area contributed by atoms with E-state index in [0.717, 1.165) is 38.4 Å². The number of thiazole rings is 1. The molecule has 0 radical (unpaired) electrons. The normalized spacial score (nSPS) is 15.3. The summed E-state index contributed by atoms with van der Waals surface area (Å²) in [7, 11) is 3.95. The van der Waals surface area contributed by atoms with Crippen LogP contribution in [0.15, 0.2) is 99.9 Å². The molecule has 2 heterocycles. The Morgan fingerprint density at radius 3 is 2.23 bits per heavy atom. The number of fused-ring (bicyclic) bond motifs is 3. The van der Waals surface area contributed by atoms with Crippen molar-refractivity contribution in [3.05, 3.63) is 121 Å². The minimum absolute atomic E-state index is 0.184. The molecule has 0 unspecified atom stereocenters. The van der Waals surface area contributed by atoms with Crippen molar-refractivity contribution in [1.29, 1.82) is 0 Å². The number of aromatic nitrogens is 1.